The van der Waals surface area contributed by atoms with E-state index < -0.39 is 0 Å². The van der Waals surface area contributed by atoms with Gasteiger partial charge in [0.1, 0.15) is 0 Å². The average molecular weight is 301 g/mol. The number of hydrogen-bond acceptors (Lipinski definition) is 3. The summed E-state index contributed by atoms with van der Waals surface area (Å²) in [6, 6.07) is 0. The van der Waals surface area contributed by atoms with E-state index >= 15 is 0 Å². The third kappa shape index (κ3) is 11.7. The van der Waals surface area contributed by atoms with Gasteiger partial charge in [-0.15, -0.1) is 0 Å². The monoisotopic (exact) mass is 301 g/mol. The van der Waals surface area contributed by atoms with Crippen LogP contribution < -0.4 is 5.32 Å². The quantitative estimate of drug-likeness (QED) is 0.562. The van der Waals surface area contributed by atoms with Crippen LogP contribution in [0.5, 0.6) is 0 Å². The van der Waals surface area contributed by atoms with Gasteiger partial charge in [0.05, 0.1) is 19.8 Å². The molecule has 0 aliphatic carbocycles. The summed E-state index contributed by atoms with van der Waals surface area (Å²) in [6.45, 7) is 13.3. The highest BCUT2D eigenvalue weighted by Crippen LogP contribution is 2.19. The molecule has 0 aromatic heterocycles. The fourth-order valence-electron chi connectivity index (χ4n) is 2.05. The van der Waals surface area contributed by atoms with Gasteiger partial charge in [-0.3, -0.25) is 4.79 Å². The predicted octanol–water partition coefficient (Wildman–Crippen LogP) is 3.40. The summed E-state index contributed by atoms with van der Waals surface area (Å²) in [6.07, 6.45) is 3.87. The first kappa shape index (κ1) is 20.4. The first-order valence-corrected chi connectivity index (χ1v) is 8.06. The number of ether oxygens (including phenoxy) is 2. The van der Waals surface area contributed by atoms with E-state index in [0.29, 0.717) is 32.8 Å². The Balaban J connectivity index is 3.90. The molecule has 0 saturated carbocycles. The van der Waals surface area contributed by atoms with E-state index in [1.165, 1.54) is 0 Å². The molecule has 4 nitrogen and oxygen atoms in total. The van der Waals surface area contributed by atoms with Gasteiger partial charge in [0, 0.05) is 30.9 Å². The Bertz CT molecular complexity index is 288. The molecule has 1 amide bonds. The molecule has 1 N–H and O–H groups in total. The average Bonchev–Trinajstić information content (AvgIpc) is 2.36. The van der Waals surface area contributed by atoms with Crippen molar-refractivity contribution in [3.05, 3.63) is 0 Å². The molecule has 126 valence electrons. The number of nitrogens with one attached hydrogen (secondary N) is 1. The minimum atomic E-state index is -0.0520. The molecule has 0 unspecified atom stereocenters. The summed E-state index contributed by atoms with van der Waals surface area (Å²) in [5.41, 5.74) is -0.0300. The lowest BCUT2D eigenvalue weighted by Gasteiger charge is -2.28. The summed E-state index contributed by atoms with van der Waals surface area (Å²) in [7, 11) is 1.71. The smallest absolute Gasteiger partial charge is 0.220 e. The van der Waals surface area contributed by atoms with Gasteiger partial charge in [-0.05, 0) is 6.42 Å². The van der Waals surface area contributed by atoms with Gasteiger partial charge in [-0.25, -0.2) is 0 Å². The second-order valence-electron chi connectivity index (χ2n) is 7.49. The summed E-state index contributed by atoms with van der Waals surface area (Å²) in [5, 5.41) is 3.01. The van der Waals surface area contributed by atoms with Gasteiger partial charge in [-0.1, -0.05) is 47.5 Å². The summed E-state index contributed by atoms with van der Waals surface area (Å²) in [4.78, 5) is 11.7. The zero-order chi connectivity index (χ0) is 16.4. The molecular formula is C17H35NO3. The number of carbonyl (C=O) groups is 1. The number of unbranched alkanes of at least 4 members (excludes halogenated alkanes) is 2. The molecule has 0 aliphatic rings. The van der Waals surface area contributed by atoms with Crippen LogP contribution in [0, 0.1) is 10.8 Å². The Morgan fingerprint density at radius 3 is 2.19 bits per heavy atom. The Kier molecular flexibility index (Phi) is 9.88. The lowest BCUT2D eigenvalue weighted by atomic mass is 9.93. The number of hydrogen-bond donors (Lipinski definition) is 1. The van der Waals surface area contributed by atoms with E-state index in [0.717, 1.165) is 19.3 Å². The number of methoxy groups -OCH3 is 1. The SMILES string of the molecule is CCCCCC(=O)NCC(C)(C)COCC(C)(C)COC. The Hall–Kier alpha value is -0.610. The minimum absolute atomic E-state index is 0.0221. The van der Waals surface area contributed by atoms with Crippen molar-refractivity contribution in [3.63, 3.8) is 0 Å². The highest BCUT2D eigenvalue weighted by atomic mass is 16.5. The normalized spacial score (nSPS) is 12.5. The molecule has 0 radical (unpaired) electrons. The number of amides is 1. The van der Waals surface area contributed by atoms with Crippen molar-refractivity contribution in [2.24, 2.45) is 10.8 Å². The van der Waals surface area contributed by atoms with E-state index in [4.69, 9.17) is 9.47 Å². The topological polar surface area (TPSA) is 47.6 Å². The maximum Gasteiger partial charge on any atom is 0.220 e. The van der Waals surface area contributed by atoms with Crippen LogP contribution in [-0.4, -0.2) is 39.4 Å². The van der Waals surface area contributed by atoms with Crippen LogP contribution in [0.15, 0.2) is 0 Å². The second kappa shape index (κ2) is 10.2. The van der Waals surface area contributed by atoms with Gasteiger partial charge in [-0.2, -0.15) is 0 Å². The van der Waals surface area contributed by atoms with Crippen molar-refractivity contribution in [2.45, 2.75) is 60.3 Å². The van der Waals surface area contributed by atoms with Crippen LogP contribution in [0.4, 0.5) is 0 Å². The third-order valence-electron chi connectivity index (χ3n) is 3.29. The largest absolute Gasteiger partial charge is 0.384 e. The van der Waals surface area contributed by atoms with Crippen LogP contribution in [0.1, 0.15) is 60.3 Å². The molecular weight excluding hydrogens is 266 g/mol. The van der Waals surface area contributed by atoms with Crippen molar-refractivity contribution in [2.75, 3.05) is 33.5 Å². The molecule has 4 heteroatoms. The van der Waals surface area contributed by atoms with Gasteiger partial charge in [0.2, 0.25) is 5.91 Å². The van der Waals surface area contributed by atoms with Crippen LogP contribution in [0.2, 0.25) is 0 Å². The Labute approximate surface area is 131 Å². The summed E-state index contributed by atoms with van der Waals surface area (Å²) < 4.78 is 11.0. The molecule has 0 fully saturated rings. The molecule has 0 aromatic carbocycles. The van der Waals surface area contributed by atoms with Crippen molar-refractivity contribution < 1.29 is 14.3 Å². The molecule has 0 saturated heterocycles. The van der Waals surface area contributed by atoms with Crippen molar-refractivity contribution >= 4 is 5.91 Å². The van der Waals surface area contributed by atoms with Crippen LogP contribution >= 0.6 is 0 Å². The number of carbonyl (C=O) groups excluding carboxylic acids is 1. The zero-order valence-corrected chi connectivity index (χ0v) is 14.9. The second-order valence-corrected chi connectivity index (χ2v) is 7.49. The molecule has 0 bridgehead atoms. The van der Waals surface area contributed by atoms with Gasteiger partial charge < -0.3 is 14.8 Å². The van der Waals surface area contributed by atoms with Crippen molar-refractivity contribution in [3.8, 4) is 0 Å². The third-order valence-corrected chi connectivity index (χ3v) is 3.29. The van der Waals surface area contributed by atoms with Gasteiger partial charge >= 0.3 is 0 Å². The highest BCUT2D eigenvalue weighted by molar-refractivity contribution is 5.75. The van der Waals surface area contributed by atoms with Gasteiger partial charge in [0.25, 0.3) is 0 Å². The summed E-state index contributed by atoms with van der Waals surface area (Å²) in [5.74, 6) is 0.149. The van der Waals surface area contributed by atoms with Crippen molar-refractivity contribution in [1.82, 2.24) is 5.32 Å². The predicted molar refractivity (Wildman–Crippen MR) is 87.4 cm³/mol. The fraction of sp³-hybridized carbons (Fsp3) is 0.941. The van der Waals surface area contributed by atoms with E-state index in [1.54, 1.807) is 7.11 Å². The van der Waals surface area contributed by atoms with Gasteiger partial charge in [0.15, 0.2) is 0 Å². The Morgan fingerprint density at radius 2 is 1.62 bits per heavy atom. The number of rotatable bonds is 12. The molecule has 21 heavy (non-hydrogen) atoms. The maximum atomic E-state index is 11.7. The summed E-state index contributed by atoms with van der Waals surface area (Å²) >= 11 is 0. The molecule has 0 spiro atoms. The van der Waals surface area contributed by atoms with E-state index in [-0.39, 0.29) is 16.7 Å². The first-order chi connectivity index (χ1) is 9.72. The maximum absolute atomic E-state index is 11.7. The van der Waals surface area contributed by atoms with Crippen LogP contribution in [0.3, 0.4) is 0 Å². The lowest BCUT2D eigenvalue weighted by Crippen LogP contribution is -2.37. The van der Waals surface area contributed by atoms with E-state index in [1.807, 2.05) is 0 Å². The molecule has 0 aromatic rings. The van der Waals surface area contributed by atoms with Crippen molar-refractivity contribution in [1.29, 1.82) is 0 Å². The molecule has 0 aliphatic heterocycles. The van der Waals surface area contributed by atoms with Crippen LogP contribution in [0.25, 0.3) is 0 Å². The highest BCUT2D eigenvalue weighted by Gasteiger charge is 2.23. The molecule has 0 heterocycles. The van der Waals surface area contributed by atoms with E-state index in [9.17, 15) is 4.79 Å². The fourth-order valence-corrected chi connectivity index (χ4v) is 2.05. The molecule has 0 rings (SSSR count). The zero-order valence-electron chi connectivity index (χ0n) is 14.9. The first-order valence-electron chi connectivity index (χ1n) is 8.06. The van der Waals surface area contributed by atoms with Crippen LogP contribution in [-0.2, 0) is 14.3 Å². The minimum Gasteiger partial charge on any atom is -0.384 e. The molecule has 0 atom stereocenters. The van der Waals surface area contributed by atoms with E-state index in [2.05, 4.69) is 39.9 Å². The Morgan fingerprint density at radius 1 is 1.00 bits per heavy atom. The standard InChI is InChI=1S/C17H35NO3/c1-7-8-9-10-15(19)18-11-16(2,3)13-21-14-17(4,5)12-20-6/h7-14H2,1-6H3,(H,18,19). The lowest BCUT2D eigenvalue weighted by molar-refractivity contribution is -0.121.